The van der Waals surface area contributed by atoms with E-state index in [1.54, 1.807) is 4.90 Å². The number of halogens is 3. The van der Waals surface area contributed by atoms with E-state index in [0.29, 0.717) is 18.8 Å². The molecule has 1 fully saturated rings. The van der Waals surface area contributed by atoms with Crippen molar-refractivity contribution in [2.75, 3.05) is 17.8 Å². The molecule has 0 spiro atoms. The third kappa shape index (κ3) is 6.71. The number of fused-ring (bicyclic) bond motifs is 1. The maximum atomic E-state index is 12.3. The summed E-state index contributed by atoms with van der Waals surface area (Å²) in [6.45, 7) is 2.34. The highest BCUT2D eigenvalue weighted by Gasteiger charge is 2.37. The summed E-state index contributed by atoms with van der Waals surface area (Å²) < 4.78 is 28.4. The Balaban J connectivity index is 0.000000213. The third-order valence-corrected chi connectivity index (χ3v) is 7.65. The van der Waals surface area contributed by atoms with Gasteiger partial charge in [0.25, 0.3) is 5.91 Å². The minimum atomic E-state index is -3.44. The zero-order valence-electron chi connectivity index (χ0n) is 19.9. The van der Waals surface area contributed by atoms with Crippen molar-refractivity contribution in [3.8, 4) is 5.75 Å². The molecule has 0 N–H and O–H groups in total. The molecule has 1 unspecified atom stereocenters. The van der Waals surface area contributed by atoms with Crippen LogP contribution in [0.25, 0.3) is 0 Å². The molecule has 1 atom stereocenters. The number of carbonyl (C=O) groups is 4. The molecule has 4 rings (SSSR count). The number of hydrogen-bond donors (Lipinski definition) is 0. The van der Waals surface area contributed by atoms with Crippen LogP contribution >= 0.6 is 34.8 Å². The van der Waals surface area contributed by atoms with Gasteiger partial charge in [-0.05, 0) is 43.7 Å². The number of hydrogen-bond acceptors (Lipinski definition) is 7. The van der Waals surface area contributed by atoms with Crippen molar-refractivity contribution in [1.29, 1.82) is 0 Å². The first-order chi connectivity index (χ1) is 17.3. The molecule has 1 saturated carbocycles. The van der Waals surface area contributed by atoms with Gasteiger partial charge in [-0.3, -0.25) is 19.2 Å². The second-order valence-electron chi connectivity index (χ2n) is 8.63. The van der Waals surface area contributed by atoms with Crippen LogP contribution in [0.4, 0.5) is 5.69 Å². The van der Waals surface area contributed by atoms with Crippen LogP contribution in [-0.2, 0) is 24.2 Å². The molecule has 2 aromatic carbocycles. The molecule has 1 amide bonds. The number of nitrogens with zero attached hydrogens (tertiary/aromatic N) is 1. The van der Waals surface area contributed by atoms with Gasteiger partial charge in [0.15, 0.2) is 32.0 Å². The van der Waals surface area contributed by atoms with Gasteiger partial charge in [0.1, 0.15) is 18.3 Å². The number of rotatable bonds is 4. The van der Waals surface area contributed by atoms with E-state index in [0.717, 1.165) is 18.0 Å². The monoisotopic (exact) mass is 587 g/mol. The second-order valence-corrected chi connectivity index (χ2v) is 12.2. The Labute approximate surface area is 229 Å². The minimum absolute atomic E-state index is 0.00216. The molecule has 1 aliphatic carbocycles. The summed E-state index contributed by atoms with van der Waals surface area (Å²) in [5.74, 6) is -2.40. The number of ketones is 3. The molecule has 1 aliphatic heterocycles. The lowest BCUT2D eigenvalue weighted by atomic mass is 9.82. The van der Waals surface area contributed by atoms with E-state index in [4.69, 9.17) is 39.5 Å². The topological polar surface area (TPSA) is 115 Å². The van der Waals surface area contributed by atoms with E-state index in [1.807, 2.05) is 31.2 Å². The number of alkyl halides is 2. The first-order valence-electron chi connectivity index (χ1n) is 11.2. The van der Waals surface area contributed by atoms with Crippen molar-refractivity contribution >= 4 is 73.6 Å². The van der Waals surface area contributed by atoms with Crippen LogP contribution in [0.1, 0.15) is 36.5 Å². The number of para-hydroxylation sites is 2. The van der Waals surface area contributed by atoms with Crippen LogP contribution in [0.2, 0.25) is 5.02 Å². The van der Waals surface area contributed by atoms with E-state index < -0.39 is 37.9 Å². The highest BCUT2D eigenvalue weighted by molar-refractivity contribution is 7.90. The molecule has 0 bridgehead atoms. The van der Waals surface area contributed by atoms with E-state index in [9.17, 15) is 27.6 Å². The van der Waals surface area contributed by atoms with Gasteiger partial charge in [-0.25, -0.2) is 8.42 Å². The Hall–Kier alpha value is -2.46. The van der Waals surface area contributed by atoms with Gasteiger partial charge < -0.3 is 9.64 Å². The number of sulfone groups is 1. The first-order valence-corrected chi connectivity index (χ1v) is 14.4. The second kappa shape index (κ2) is 11.9. The maximum absolute atomic E-state index is 12.3. The Morgan fingerprint density at radius 1 is 1.05 bits per heavy atom. The lowest BCUT2D eigenvalue weighted by Crippen LogP contribution is -2.47. The summed E-state index contributed by atoms with van der Waals surface area (Å²) in [7, 11) is -3.44. The zero-order chi connectivity index (χ0) is 27.5. The Morgan fingerprint density at radius 2 is 1.68 bits per heavy atom. The molecule has 0 saturated heterocycles. The number of Topliss-reactive ketones (excluding diaryl/α,β-unsaturated/α-hetero) is 3. The van der Waals surface area contributed by atoms with Crippen LogP contribution < -0.4 is 9.64 Å². The highest BCUT2D eigenvalue weighted by Crippen LogP contribution is 2.34. The largest absolute Gasteiger partial charge is 0.489 e. The molecule has 198 valence electrons. The molecular weight excluding hydrogens is 565 g/mol. The van der Waals surface area contributed by atoms with Crippen molar-refractivity contribution in [2.24, 2.45) is 5.92 Å². The Bertz CT molecular complexity index is 1330. The smallest absolute Gasteiger partial charge is 0.260 e. The van der Waals surface area contributed by atoms with Crippen molar-refractivity contribution in [3.63, 3.8) is 0 Å². The maximum Gasteiger partial charge on any atom is 0.260 e. The van der Waals surface area contributed by atoms with Crippen molar-refractivity contribution < 1.29 is 32.3 Å². The number of ether oxygens (including phenoxy) is 1. The van der Waals surface area contributed by atoms with Crippen LogP contribution in [-0.4, -0.2) is 55.4 Å². The molecule has 12 heteroatoms. The molecule has 37 heavy (non-hydrogen) atoms. The fourth-order valence-electron chi connectivity index (χ4n) is 4.02. The summed E-state index contributed by atoms with van der Waals surface area (Å²) in [4.78, 5) is 48.3. The average molecular weight is 589 g/mol. The van der Waals surface area contributed by atoms with Crippen LogP contribution in [0.15, 0.2) is 47.4 Å². The van der Waals surface area contributed by atoms with Crippen LogP contribution in [0.3, 0.4) is 0 Å². The molecule has 2 aliphatic rings. The van der Waals surface area contributed by atoms with Gasteiger partial charge in [-0.2, -0.15) is 0 Å². The van der Waals surface area contributed by atoms with E-state index in [2.05, 4.69) is 0 Å². The summed E-state index contributed by atoms with van der Waals surface area (Å²) >= 11 is 17.2. The average Bonchev–Trinajstić information content (AvgIpc) is 2.83. The van der Waals surface area contributed by atoms with Gasteiger partial charge in [-0.1, -0.05) is 46.9 Å². The standard InChI is InChI=1S/C14H13ClO5S.C11H11Cl2NO2/c1-21(19,20)8-5-6-9(10(15)7-8)14(18)13-11(16)3-2-4-12(13)17;1-7-6-16-9-5-3-2-4-8(9)14(7)11(15)10(12)13/h5-7,13H,2-4H2,1H3;2-5,7,10H,6H2,1H3. The van der Waals surface area contributed by atoms with E-state index >= 15 is 0 Å². The van der Waals surface area contributed by atoms with Gasteiger partial charge in [0.05, 0.1) is 21.6 Å². The first kappa shape index (κ1) is 29.1. The number of amides is 1. The third-order valence-electron chi connectivity index (χ3n) is 5.86. The summed E-state index contributed by atoms with van der Waals surface area (Å²) in [6.07, 6.45) is 1.87. The van der Waals surface area contributed by atoms with E-state index in [1.165, 1.54) is 12.1 Å². The number of carbonyl (C=O) groups excluding carboxylic acids is 4. The number of anilines is 1. The van der Waals surface area contributed by atoms with Gasteiger partial charge in [-0.15, -0.1) is 0 Å². The van der Waals surface area contributed by atoms with Crippen LogP contribution in [0.5, 0.6) is 5.75 Å². The molecule has 1 heterocycles. The lowest BCUT2D eigenvalue weighted by molar-refractivity contribution is -0.133. The Morgan fingerprint density at radius 3 is 2.24 bits per heavy atom. The lowest BCUT2D eigenvalue weighted by Gasteiger charge is -2.35. The Kier molecular flexibility index (Phi) is 9.39. The predicted octanol–water partition coefficient (Wildman–Crippen LogP) is 4.47. The normalized spacial score (nSPS) is 18.0. The predicted molar refractivity (Wildman–Crippen MR) is 141 cm³/mol. The highest BCUT2D eigenvalue weighted by atomic mass is 35.5. The zero-order valence-corrected chi connectivity index (χ0v) is 23.0. The van der Waals surface area contributed by atoms with Gasteiger partial charge >= 0.3 is 0 Å². The fraction of sp³-hybridized carbons (Fsp3) is 0.360. The van der Waals surface area contributed by atoms with Crippen molar-refractivity contribution in [1.82, 2.24) is 0 Å². The quantitative estimate of drug-likeness (QED) is 0.294. The van der Waals surface area contributed by atoms with Gasteiger partial charge in [0.2, 0.25) is 0 Å². The summed E-state index contributed by atoms with van der Waals surface area (Å²) in [5, 5.41) is -0.0749. The van der Waals surface area contributed by atoms with Crippen LogP contribution in [0, 0.1) is 5.92 Å². The minimum Gasteiger partial charge on any atom is -0.489 e. The molecule has 0 radical (unpaired) electrons. The number of benzene rings is 2. The van der Waals surface area contributed by atoms with Crippen molar-refractivity contribution in [3.05, 3.63) is 53.1 Å². The molecule has 0 aromatic heterocycles. The molecule has 8 nitrogen and oxygen atoms in total. The SMILES string of the molecule is CC1COc2ccccc2N1C(=O)C(Cl)Cl.CS(=O)(=O)c1ccc(C(=O)C2C(=O)CCCC2=O)c(Cl)c1. The fourth-order valence-corrected chi connectivity index (χ4v) is 5.22. The van der Waals surface area contributed by atoms with E-state index in [-0.39, 0.29) is 40.3 Å². The molecule has 2 aromatic rings. The summed E-state index contributed by atoms with van der Waals surface area (Å²) in [5.41, 5.74) is 0.718. The van der Waals surface area contributed by atoms with Gasteiger partial charge in [0, 0.05) is 24.7 Å². The van der Waals surface area contributed by atoms with Crippen molar-refractivity contribution in [2.45, 2.75) is 42.0 Å². The summed E-state index contributed by atoms with van der Waals surface area (Å²) in [6, 6.07) is 10.9. The molecular formula is C25H24Cl3NO7S.